The van der Waals surface area contributed by atoms with Crippen LogP contribution in [0.15, 0.2) is 58.7 Å². The highest BCUT2D eigenvalue weighted by atomic mass is 35.5. The monoisotopic (exact) mass is 412 g/mol. The van der Waals surface area contributed by atoms with Gasteiger partial charge in [0.05, 0.1) is 21.6 Å². The van der Waals surface area contributed by atoms with Crippen LogP contribution in [0.2, 0.25) is 10.0 Å². The highest BCUT2D eigenvalue weighted by Crippen LogP contribution is 2.26. The Labute approximate surface area is 170 Å². The SMILES string of the molecule is Cc1scc2nc(/C=C/c3ccccc3Cl)n(-c3ccccc3Cl)c(=O)c12. The lowest BCUT2D eigenvalue weighted by Gasteiger charge is -2.12. The summed E-state index contributed by atoms with van der Waals surface area (Å²) in [6.07, 6.45) is 3.64. The van der Waals surface area contributed by atoms with Gasteiger partial charge < -0.3 is 0 Å². The van der Waals surface area contributed by atoms with Gasteiger partial charge in [-0.3, -0.25) is 9.36 Å². The lowest BCUT2D eigenvalue weighted by Crippen LogP contribution is -2.22. The number of para-hydroxylation sites is 1. The summed E-state index contributed by atoms with van der Waals surface area (Å²) >= 11 is 14.1. The number of halogens is 2. The Bertz CT molecular complexity index is 1240. The number of fused-ring (bicyclic) bond motifs is 1. The number of hydrogen-bond acceptors (Lipinski definition) is 3. The van der Waals surface area contributed by atoms with Gasteiger partial charge in [-0.2, -0.15) is 0 Å². The molecule has 0 saturated heterocycles. The van der Waals surface area contributed by atoms with Crippen molar-refractivity contribution in [1.29, 1.82) is 0 Å². The quantitative estimate of drug-likeness (QED) is 0.399. The van der Waals surface area contributed by atoms with Gasteiger partial charge in [0.15, 0.2) is 0 Å². The van der Waals surface area contributed by atoms with E-state index in [-0.39, 0.29) is 5.56 Å². The molecule has 3 nitrogen and oxygen atoms in total. The number of benzene rings is 2. The Morgan fingerprint density at radius 3 is 2.44 bits per heavy atom. The minimum atomic E-state index is -0.134. The van der Waals surface area contributed by atoms with E-state index in [0.717, 1.165) is 10.4 Å². The van der Waals surface area contributed by atoms with Crippen LogP contribution in [0.25, 0.3) is 28.7 Å². The van der Waals surface area contributed by atoms with E-state index >= 15 is 0 Å². The van der Waals surface area contributed by atoms with E-state index < -0.39 is 0 Å². The van der Waals surface area contributed by atoms with E-state index in [1.54, 1.807) is 16.7 Å². The van der Waals surface area contributed by atoms with E-state index in [1.807, 2.05) is 60.8 Å². The molecule has 27 heavy (non-hydrogen) atoms. The average molecular weight is 413 g/mol. The molecule has 0 unspecified atom stereocenters. The van der Waals surface area contributed by atoms with Crippen molar-refractivity contribution in [3.8, 4) is 5.69 Å². The van der Waals surface area contributed by atoms with Crippen LogP contribution in [0.3, 0.4) is 0 Å². The highest BCUT2D eigenvalue weighted by Gasteiger charge is 2.15. The maximum absolute atomic E-state index is 13.3. The first kappa shape index (κ1) is 18.0. The van der Waals surface area contributed by atoms with Crippen molar-refractivity contribution in [2.75, 3.05) is 0 Å². The second-order valence-electron chi connectivity index (χ2n) is 5.97. The molecule has 0 fully saturated rings. The molecule has 4 aromatic rings. The summed E-state index contributed by atoms with van der Waals surface area (Å²) in [7, 11) is 0. The molecule has 4 rings (SSSR count). The van der Waals surface area contributed by atoms with Crippen molar-refractivity contribution >= 4 is 57.6 Å². The van der Waals surface area contributed by atoms with Gasteiger partial charge in [-0.1, -0.05) is 53.5 Å². The van der Waals surface area contributed by atoms with Crippen molar-refractivity contribution in [3.63, 3.8) is 0 Å². The minimum Gasteiger partial charge on any atom is -0.268 e. The van der Waals surface area contributed by atoms with Crippen LogP contribution in [-0.2, 0) is 0 Å². The average Bonchev–Trinajstić information content (AvgIpc) is 3.03. The summed E-state index contributed by atoms with van der Waals surface area (Å²) in [5, 5.41) is 3.64. The Morgan fingerprint density at radius 1 is 1.00 bits per heavy atom. The first-order valence-corrected chi connectivity index (χ1v) is 9.88. The second kappa shape index (κ2) is 7.31. The number of hydrogen-bond donors (Lipinski definition) is 0. The number of aromatic nitrogens is 2. The summed E-state index contributed by atoms with van der Waals surface area (Å²) in [5.41, 5.74) is 2.00. The molecule has 2 aromatic heterocycles. The Hall–Kier alpha value is -2.40. The van der Waals surface area contributed by atoms with Crippen LogP contribution in [-0.4, -0.2) is 9.55 Å². The first-order valence-electron chi connectivity index (χ1n) is 8.24. The van der Waals surface area contributed by atoms with Crippen LogP contribution in [0, 0.1) is 6.92 Å². The van der Waals surface area contributed by atoms with E-state index in [9.17, 15) is 4.79 Å². The van der Waals surface area contributed by atoms with Crippen LogP contribution in [0.4, 0.5) is 0 Å². The smallest absolute Gasteiger partial charge is 0.267 e. The number of rotatable bonds is 3. The molecule has 0 amide bonds. The normalized spacial score (nSPS) is 11.5. The fourth-order valence-corrected chi connectivity index (χ4v) is 4.11. The number of thiophene rings is 1. The summed E-state index contributed by atoms with van der Waals surface area (Å²) in [6, 6.07) is 14.8. The third-order valence-electron chi connectivity index (χ3n) is 4.25. The highest BCUT2D eigenvalue weighted by molar-refractivity contribution is 7.11. The second-order valence-corrected chi connectivity index (χ2v) is 7.87. The van der Waals surface area contributed by atoms with Gasteiger partial charge in [0.25, 0.3) is 5.56 Å². The van der Waals surface area contributed by atoms with Crippen LogP contribution in [0.1, 0.15) is 16.3 Å². The van der Waals surface area contributed by atoms with Crippen molar-refractivity contribution in [3.05, 3.63) is 90.6 Å². The molecule has 0 saturated carbocycles. The van der Waals surface area contributed by atoms with E-state index in [1.165, 1.54) is 11.3 Å². The number of nitrogens with zero attached hydrogens (tertiary/aromatic N) is 2. The predicted octanol–water partition coefficient (Wildman–Crippen LogP) is 6.23. The Kier molecular flexibility index (Phi) is 4.87. The fraction of sp³-hybridized carbons (Fsp3) is 0.0476. The zero-order valence-corrected chi connectivity index (χ0v) is 16.6. The van der Waals surface area contributed by atoms with Gasteiger partial charge in [0.2, 0.25) is 0 Å². The third kappa shape index (κ3) is 3.32. The van der Waals surface area contributed by atoms with Gasteiger partial charge in [-0.15, -0.1) is 11.3 Å². The molecule has 0 atom stereocenters. The van der Waals surface area contributed by atoms with E-state index in [4.69, 9.17) is 28.2 Å². The third-order valence-corrected chi connectivity index (χ3v) is 5.81. The summed E-state index contributed by atoms with van der Waals surface area (Å²) in [5.74, 6) is 0.498. The number of aryl methyl sites for hydroxylation is 1. The minimum absolute atomic E-state index is 0.134. The summed E-state index contributed by atoms with van der Waals surface area (Å²) < 4.78 is 1.55. The van der Waals surface area contributed by atoms with Gasteiger partial charge in [-0.05, 0) is 42.8 Å². The topological polar surface area (TPSA) is 34.9 Å². The predicted molar refractivity (Wildman–Crippen MR) is 115 cm³/mol. The lowest BCUT2D eigenvalue weighted by molar-refractivity contribution is 0.944. The first-order chi connectivity index (χ1) is 13.1. The van der Waals surface area contributed by atoms with E-state index in [2.05, 4.69) is 0 Å². The molecular formula is C21H14Cl2N2OS. The van der Waals surface area contributed by atoms with Crippen LogP contribution >= 0.6 is 34.5 Å². The van der Waals surface area contributed by atoms with Crippen LogP contribution in [0.5, 0.6) is 0 Å². The fourth-order valence-electron chi connectivity index (χ4n) is 2.93. The molecule has 0 aliphatic rings. The van der Waals surface area contributed by atoms with Crippen LogP contribution < -0.4 is 5.56 Å². The zero-order valence-electron chi connectivity index (χ0n) is 14.3. The molecule has 0 aliphatic heterocycles. The summed E-state index contributed by atoms with van der Waals surface area (Å²) in [6.45, 7) is 1.92. The molecule has 0 radical (unpaired) electrons. The van der Waals surface area contributed by atoms with Crippen molar-refractivity contribution in [1.82, 2.24) is 9.55 Å². The van der Waals surface area contributed by atoms with Crippen molar-refractivity contribution in [2.24, 2.45) is 0 Å². The molecule has 0 spiro atoms. The Morgan fingerprint density at radius 2 is 1.70 bits per heavy atom. The maximum atomic E-state index is 13.3. The summed E-state index contributed by atoms with van der Waals surface area (Å²) in [4.78, 5) is 18.9. The standard InChI is InChI=1S/C21H14Cl2N2OS/c1-13-20-17(12-27-13)24-19(11-10-14-6-2-3-7-15(14)22)25(21(20)26)18-9-5-4-8-16(18)23/h2-12H,1H3/b11-10+. The molecule has 6 heteroatoms. The molecule has 0 bridgehead atoms. The molecule has 2 aromatic carbocycles. The maximum Gasteiger partial charge on any atom is 0.267 e. The van der Waals surface area contributed by atoms with E-state index in [0.29, 0.717) is 32.5 Å². The Balaban J connectivity index is 1.99. The molecule has 0 N–H and O–H groups in total. The van der Waals surface area contributed by atoms with Crippen molar-refractivity contribution < 1.29 is 0 Å². The lowest BCUT2D eigenvalue weighted by atomic mass is 10.2. The molecule has 134 valence electrons. The van der Waals surface area contributed by atoms with Gasteiger partial charge in [0, 0.05) is 15.3 Å². The van der Waals surface area contributed by atoms with Gasteiger partial charge in [0.1, 0.15) is 5.82 Å². The largest absolute Gasteiger partial charge is 0.268 e. The molecule has 2 heterocycles. The van der Waals surface area contributed by atoms with Gasteiger partial charge >= 0.3 is 0 Å². The molecule has 0 aliphatic carbocycles. The van der Waals surface area contributed by atoms with Crippen molar-refractivity contribution in [2.45, 2.75) is 6.92 Å². The zero-order chi connectivity index (χ0) is 19.0. The van der Waals surface area contributed by atoms with Gasteiger partial charge in [-0.25, -0.2) is 4.98 Å². The molecular weight excluding hydrogens is 399 g/mol.